The van der Waals surface area contributed by atoms with Gasteiger partial charge in [0.25, 0.3) is 0 Å². The minimum absolute atomic E-state index is 0.0542. The first-order valence-corrected chi connectivity index (χ1v) is 6.47. The molecule has 0 amide bonds. The molecule has 6 nitrogen and oxygen atoms in total. The zero-order valence-corrected chi connectivity index (χ0v) is 11.6. The van der Waals surface area contributed by atoms with Gasteiger partial charge in [0, 0.05) is 25.3 Å². The lowest BCUT2D eigenvalue weighted by Gasteiger charge is -2.35. The Bertz CT molecular complexity index is 478. The molecule has 1 aromatic rings. The van der Waals surface area contributed by atoms with Gasteiger partial charge in [-0.05, 0) is 39.4 Å². The van der Waals surface area contributed by atoms with E-state index >= 15 is 0 Å². The normalized spacial score (nSPS) is 20.3. The summed E-state index contributed by atoms with van der Waals surface area (Å²) >= 11 is 0. The SMILES string of the molecule is Cc1cc(C(=O)O)nc(N(C)C2CCCN(C)C2)n1. The molecule has 1 atom stereocenters. The van der Waals surface area contributed by atoms with Crippen LogP contribution in [0.15, 0.2) is 6.07 Å². The number of aromatic carboxylic acids is 1. The first-order chi connectivity index (χ1) is 8.97. The molecule has 104 valence electrons. The number of carboxylic acid groups (broad SMARTS) is 1. The third-order valence-corrected chi connectivity index (χ3v) is 3.52. The van der Waals surface area contributed by atoms with Crippen LogP contribution in [-0.4, -0.2) is 59.2 Å². The highest BCUT2D eigenvalue weighted by Gasteiger charge is 2.23. The standard InChI is InChI=1S/C13H20N4O2/c1-9-7-11(12(18)19)15-13(14-9)17(3)10-5-4-6-16(2)8-10/h7,10H,4-6,8H2,1-3H3,(H,18,19). The van der Waals surface area contributed by atoms with Crippen LogP contribution in [0.5, 0.6) is 0 Å². The van der Waals surface area contributed by atoms with Crippen molar-refractivity contribution in [3.05, 3.63) is 17.5 Å². The largest absolute Gasteiger partial charge is 0.477 e. The number of anilines is 1. The van der Waals surface area contributed by atoms with E-state index in [1.54, 1.807) is 6.92 Å². The number of aryl methyl sites for hydroxylation is 1. The Hall–Kier alpha value is -1.69. The summed E-state index contributed by atoms with van der Waals surface area (Å²) in [5.74, 6) is -0.515. The van der Waals surface area contributed by atoms with Crippen LogP contribution in [0.3, 0.4) is 0 Å². The molecule has 1 aliphatic heterocycles. The van der Waals surface area contributed by atoms with Gasteiger partial charge in [-0.3, -0.25) is 0 Å². The van der Waals surface area contributed by atoms with Crippen molar-refractivity contribution in [3.63, 3.8) is 0 Å². The minimum atomic E-state index is -1.01. The Morgan fingerprint density at radius 2 is 2.26 bits per heavy atom. The van der Waals surface area contributed by atoms with Gasteiger partial charge in [0.2, 0.25) is 5.95 Å². The molecule has 1 unspecified atom stereocenters. The van der Waals surface area contributed by atoms with E-state index in [0.29, 0.717) is 17.7 Å². The zero-order chi connectivity index (χ0) is 14.0. The van der Waals surface area contributed by atoms with Crippen LogP contribution >= 0.6 is 0 Å². The van der Waals surface area contributed by atoms with E-state index in [1.165, 1.54) is 6.07 Å². The maximum atomic E-state index is 11.0. The molecule has 1 aromatic heterocycles. The first kappa shape index (κ1) is 13.7. The summed E-state index contributed by atoms with van der Waals surface area (Å²) in [6, 6.07) is 1.83. The molecule has 0 saturated carbocycles. The highest BCUT2D eigenvalue weighted by Crippen LogP contribution is 2.18. The third kappa shape index (κ3) is 3.20. The molecule has 0 aliphatic carbocycles. The van der Waals surface area contributed by atoms with Gasteiger partial charge in [-0.25, -0.2) is 14.8 Å². The molecule has 19 heavy (non-hydrogen) atoms. The molecule has 0 aromatic carbocycles. The Balaban J connectivity index is 2.22. The molecule has 1 saturated heterocycles. The van der Waals surface area contributed by atoms with Crippen LogP contribution < -0.4 is 4.90 Å². The molecule has 6 heteroatoms. The second-order valence-electron chi connectivity index (χ2n) is 5.17. The van der Waals surface area contributed by atoms with Gasteiger partial charge < -0.3 is 14.9 Å². The fourth-order valence-electron chi connectivity index (χ4n) is 2.44. The van der Waals surface area contributed by atoms with E-state index in [-0.39, 0.29) is 5.69 Å². The monoisotopic (exact) mass is 264 g/mol. The van der Waals surface area contributed by atoms with Crippen LogP contribution in [0.1, 0.15) is 29.0 Å². The summed E-state index contributed by atoms with van der Waals surface area (Å²) in [5, 5.41) is 9.05. The predicted molar refractivity (Wildman–Crippen MR) is 72.7 cm³/mol. The fourth-order valence-corrected chi connectivity index (χ4v) is 2.44. The van der Waals surface area contributed by atoms with E-state index < -0.39 is 5.97 Å². The van der Waals surface area contributed by atoms with Crippen LogP contribution in [0, 0.1) is 6.92 Å². The van der Waals surface area contributed by atoms with Crippen molar-refractivity contribution in [2.45, 2.75) is 25.8 Å². The average molecular weight is 264 g/mol. The molecule has 1 aliphatic rings. The van der Waals surface area contributed by atoms with Crippen molar-refractivity contribution < 1.29 is 9.90 Å². The number of rotatable bonds is 3. The summed E-state index contributed by atoms with van der Waals surface area (Å²) in [5.41, 5.74) is 0.733. The molecule has 2 heterocycles. The zero-order valence-electron chi connectivity index (χ0n) is 11.6. The summed E-state index contributed by atoms with van der Waals surface area (Å²) in [6.07, 6.45) is 2.23. The number of aromatic nitrogens is 2. The van der Waals surface area contributed by atoms with Gasteiger partial charge in [-0.2, -0.15) is 0 Å². The lowest BCUT2D eigenvalue weighted by Crippen LogP contribution is -2.45. The Kier molecular flexibility index (Phi) is 3.99. The quantitative estimate of drug-likeness (QED) is 0.878. The third-order valence-electron chi connectivity index (χ3n) is 3.52. The van der Waals surface area contributed by atoms with E-state index in [9.17, 15) is 4.79 Å². The highest BCUT2D eigenvalue weighted by molar-refractivity contribution is 5.85. The van der Waals surface area contributed by atoms with Gasteiger partial charge in [0.1, 0.15) is 0 Å². The summed E-state index contributed by atoms with van der Waals surface area (Å²) in [6.45, 7) is 3.86. The maximum Gasteiger partial charge on any atom is 0.354 e. The minimum Gasteiger partial charge on any atom is -0.477 e. The summed E-state index contributed by atoms with van der Waals surface area (Å²) < 4.78 is 0. The number of hydrogen-bond acceptors (Lipinski definition) is 5. The second kappa shape index (κ2) is 5.52. The number of piperidine rings is 1. The van der Waals surface area contributed by atoms with Crippen molar-refractivity contribution in [1.82, 2.24) is 14.9 Å². The smallest absolute Gasteiger partial charge is 0.354 e. The lowest BCUT2D eigenvalue weighted by atomic mass is 10.1. The fraction of sp³-hybridized carbons (Fsp3) is 0.615. The van der Waals surface area contributed by atoms with Crippen LogP contribution in [0.25, 0.3) is 0 Å². The molecular formula is C13H20N4O2. The number of likely N-dealkylation sites (tertiary alicyclic amines) is 1. The van der Waals surface area contributed by atoms with Gasteiger partial charge >= 0.3 is 5.97 Å². The van der Waals surface area contributed by atoms with Crippen LogP contribution in [0.4, 0.5) is 5.95 Å². The van der Waals surface area contributed by atoms with E-state index in [1.807, 2.05) is 11.9 Å². The molecule has 1 fully saturated rings. The number of nitrogens with zero attached hydrogens (tertiary/aromatic N) is 4. The molecule has 0 spiro atoms. The molecule has 0 radical (unpaired) electrons. The highest BCUT2D eigenvalue weighted by atomic mass is 16.4. The summed E-state index contributed by atoms with van der Waals surface area (Å²) in [7, 11) is 4.03. The maximum absolute atomic E-state index is 11.0. The van der Waals surface area contributed by atoms with Crippen LogP contribution in [-0.2, 0) is 0 Å². The predicted octanol–water partition coefficient (Wildman–Crippen LogP) is 1.01. The van der Waals surface area contributed by atoms with Gasteiger partial charge in [-0.15, -0.1) is 0 Å². The van der Waals surface area contributed by atoms with E-state index in [2.05, 4.69) is 21.9 Å². The van der Waals surface area contributed by atoms with Gasteiger partial charge in [0.15, 0.2) is 5.69 Å². The first-order valence-electron chi connectivity index (χ1n) is 6.47. The van der Waals surface area contributed by atoms with Crippen molar-refractivity contribution in [3.8, 4) is 0 Å². The van der Waals surface area contributed by atoms with E-state index in [4.69, 9.17) is 5.11 Å². The Morgan fingerprint density at radius 1 is 1.53 bits per heavy atom. The lowest BCUT2D eigenvalue weighted by molar-refractivity contribution is 0.0690. The Morgan fingerprint density at radius 3 is 2.89 bits per heavy atom. The van der Waals surface area contributed by atoms with Crippen molar-refractivity contribution in [2.24, 2.45) is 0 Å². The number of carboxylic acids is 1. The molecule has 1 N–H and O–H groups in total. The topological polar surface area (TPSA) is 69.6 Å². The second-order valence-corrected chi connectivity index (χ2v) is 5.17. The average Bonchev–Trinajstić information content (AvgIpc) is 2.37. The van der Waals surface area contributed by atoms with Crippen molar-refractivity contribution in [2.75, 3.05) is 32.1 Å². The van der Waals surface area contributed by atoms with E-state index in [0.717, 1.165) is 25.9 Å². The van der Waals surface area contributed by atoms with Crippen molar-refractivity contribution in [1.29, 1.82) is 0 Å². The summed E-state index contributed by atoms with van der Waals surface area (Å²) in [4.78, 5) is 23.8. The van der Waals surface area contributed by atoms with Crippen LogP contribution in [0.2, 0.25) is 0 Å². The Labute approximate surface area is 113 Å². The number of likely N-dealkylation sites (N-methyl/N-ethyl adjacent to an activating group) is 2. The number of hydrogen-bond donors (Lipinski definition) is 1. The van der Waals surface area contributed by atoms with Gasteiger partial charge in [-0.1, -0.05) is 0 Å². The van der Waals surface area contributed by atoms with Gasteiger partial charge in [0.05, 0.1) is 0 Å². The molecule has 0 bridgehead atoms. The van der Waals surface area contributed by atoms with Crippen molar-refractivity contribution >= 4 is 11.9 Å². The number of carbonyl (C=O) groups is 1. The molecule has 2 rings (SSSR count). The molecular weight excluding hydrogens is 244 g/mol.